The maximum Gasteiger partial charge on any atom is 0.416 e. The highest BCUT2D eigenvalue weighted by Crippen LogP contribution is 2.45. The number of carbonyl (C=O) groups is 1. The zero-order chi connectivity index (χ0) is 21.3. The Morgan fingerprint density at radius 2 is 1.66 bits per heavy atom. The Kier molecular flexibility index (Phi) is 5.55. The summed E-state index contributed by atoms with van der Waals surface area (Å²) >= 11 is 0. The minimum Gasteiger partial charge on any atom is -0.492 e. The molecule has 0 unspecified atom stereocenters. The van der Waals surface area contributed by atoms with Crippen LogP contribution in [0.3, 0.4) is 0 Å². The van der Waals surface area contributed by atoms with Gasteiger partial charge in [-0.3, -0.25) is 4.79 Å². The summed E-state index contributed by atoms with van der Waals surface area (Å²) in [5, 5.41) is 0. The molecule has 1 aromatic carbocycles. The van der Waals surface area contributed by atoms with Gasteiger partial charge in [-0.1, -0.05) is 19.1 Å². The van der Waals surface area contributed by atoms with Crippen LogP contribution in [0.15, 0.2) is 65.2 Å². The van der Waals surface area contributed by atoms with Crippen molar-refractivity contribution in [2.24, 2.45) is 0 Å². The molecule has 0 N–H and O–H groups in total. The third kappa shape index (κ3) is 3.79. The molecule has 0 amide bonds. The van der Waals surface area contributed by atoms with Crippen LogP contribution >= 0.6 is 0 Å². The van der Waals surface area contributed by atoms with Gasteiger partial charge in [0.25, 0.3) is 5.78 Å². The van der Waals surface area contributed by atoms with Crippen LogP contribution < -0.4 is 0 Å². The lowest BCUT2D eigenvalue weighted by Crippen LogP contribution is -2.13. The molecule has 3 rings (SSSR count). The van der Waals surface area contributed by atoms with Gasteiger partial charge in [-0.15, -0.1) is 0 Å². The van der Waals surface area contributed by atoms with Gasteiger partial charge in [-0.05, 0) is 77.1 Å². The number of Topliss-reactive ketones (excluding diaryl/α,β-unsaturated/α-hetero) is 1. The predicted molar refractivity (Wildman–Crippen MR) is 106 cm³/mol. The van der Waals surface area contributed by atoms with Gasteiger partial charge >= 0.3 is 6.18 Å². The van der Waals surface area contributed by atoms with Crippen molar-refractivity contribution < 1.29 is 27.4 Å². The van der Waals surface area contributed by atoms with Crippen molar-refractivity contribution in [2.45, 2.75) is 26.4 Å². The zero-order valence-electron chi connectivity index (χ0n) is 16.6. The van der Waals surface area contributed by atoms with E-state index in [1.54, 1.807) is 12.2 Å². The highest BCUT2D eigenvalue weighted by atomic mass is 19.4. The maximum atomic E-state index is 13.2. The van der Waals surface area contributed by atoms with E-state index in [0.29, 0.717) is 17.6 Å². The lowest BCUT2D eigenvalue weighted by atomic mass is 9.97. The Morgan fingerprint density at radius 3 is 2.17 bits per heavy atom. The smallest absolute Gasteiger partial charge is 0.416 e. The van der Waals surface area contributed by atoms with E-state index in [-0.39, 0.29) is 17.3 Å². The molecule has 152 valence electrons. The molecule has 2 aliphatic carbocycles. The minimum absolute atomic E-state index is 0.142. The number of alkyl halides is 3. The first-order valence-corrected chi connectivity index (χ1v) is 9.12. The Morgan fingerprint density at radius 1 is 1.03 bits per heavy atom. The molecular weight excluding hydrogens is 381 g/mol. The van der Waals surface area contributed by atoms with Crippen molar-refractivity contribution >= 4 is 16.9 Å². The molecule has 0 bridgehead atoms. The van der Waals surface area contributed by atoms with E-state index in [1.165, 1.54) is 26.4 Å². The molecule has 0 heterocycles. The summed E-state index contributed by atoms with van der Waals surface area (Å²) in [7, 11) is 2.80. The van der Waals surface area contributed by atoms with Crippen LogP contribution in [-0.4, -0.2) is 20.0 Å². The number of fused-ring (bicyclic) bond motifs is 1. The third-order valence-electron chi connectivity index (χ3n) is 4.94. The van der Waals surface area contributed by atoms with Gasteiger partial charge in [0, 0.05) is 0 Å². The number of halogens is 3. The minimum atomic E-state index is -4.41. The molecule has 29 heavy (non-hydrogen) atoms. The Balaban J connectivity index is 2.17. The van der Waals surface area contributed by atoms with Gasteiger partial charge in [0.1, 0.15) is 0 Å². The van der Waals surface area contributed by atoms with Crippen LogP contribution in [0.25, 0.3) is 11.1 Å². The highest BCUT2D eigenvalue weighted by molar-refractivity contribution is 6.08. The second kappa shape index (κ2) is 7.78. The average molecular weight is 402 g/mol. The summed E-state index contributed by atoms with van der Waals surface area (Å²) in [5.74, 6) is -0.0707. The number of benzene rings is 1. The van der Waals surface area contributed by atoms with E-state index in [4.69, 9.17) is 9.47 Å². The van der Waals surface area contributed by atoms with E-state index in [0.717, 1.165) is 28.3 Å². The summed E-state index contributed by atoms with van der Waals surface area (Å²) in [4.78, 5) is 12.2. The summed E-state index contributed by atoms with van der Waals surface area (Å²) in [6.07, 6.45) is 3.24. The summed E-state index contributed by atoms with van der Waals surface area (Å²) in [6, 6.07) is 3.79. The van der Waals surface area contributed by atoms with E-state index in [2.05, 4.69) is 0 Å². The van der Waals surface area contributed by atoms with Crippen molar-refractivity contribution in [3.05, 3.63) is 81.9 Å². The maximum absolute atomic E-state index is 13.2. The predicted octanol–water partition coefficient (Wildman–Crippen LogP) is 5.86. The summed E-state index contributed by atoms with van der Waals surface area (Å²) in [5.41, 5.74) is 3.74. The highest BCUT2D eigenvalue weighted by Gasteiger charge is 2.33. The van der Waals surface area contributed by atoms with Gasteiger partial charge in [-0.2, -0.15) is 13.2 Å². The zero-order valence-corrected chi connectivity index (χ0v) is 16.6. The van der Waals surface area contributed by atoms with Gasteiger partial charge < -0.3 is 9.47 Å². The Hall–Kier alpha value is -3.02. The molecule has 3 nitrogen and oxygen atoms in total. The fourth-order valence-electron chi connectivity index (χ4n) is 3.53. The van der Waals surface area contributed by atoms with Gasteiger partial charge in [0.15, 0.2) is 11.5 Å². The third-order valence-corrected chi connectivity index (χ3v) is 4.94. The van der Waals surface area contributed by atoms with Gasteiger partial charge in [0.05, 0.1) is 19.8 Å². The van der Waals surface area contributed by atoms with Crippen molar-refractivity contribution in [2.75, 3.05) is 14.2 Å². The standard InChI is InChI=1S/C23H21F3O3/c1-5-6-16-13(2)18(17-8-7-15(12-19(16)17)23(24,25)26)9-14-10-20(28-3)22(27)21(11-14)29-4/h6-12H,5H2,1-4H3/b16-6+. The van der Waals surface area contributed by atoms with Crippen LogP contribution in [0.4, 0.5) is 13.2 Å². The van der Waals surface area contributed by atoms with Crippen LogP contribution in [-0.2, 0) is 20.4 Å². The van der Waals surface area contributed by atoms with Crippen molar-refractivity contribution in [3.8, 4) is 0 Å². The number of ketones is 1. The Labute approximate surface area is 167 Å². The number of hydrogen-bond donors (Lipinski definition) is 0. The molecule has 0 radical (unpaired) electrons. The van der Waals surface area contributed by atoms with Crippen LogP contribution in [0.2, 0.25) is 0 Å². The molecule has 1 aromatic rings. The van der Waals surface area contributed by atoms with Crippen molar-refractivity contribution in [3.63, 3.8) is 0 Å². The fraction of sp³-hybridized carbons (Fsp3) is 0.261. The van der Waals surface area contributed by atoms with Crippen LogP contribution in [0.1, 0.15) is 37.0 Å². The molecule has 0 aliphatic heterocycles. The number of carbonyl (C=O) groups excluding carboxylic acids is 1. The largest absolute Gasteiger partial charge is 0.492 e. The SMILES string of the molecule is CC/C=C1\C(C)=C(C=C2C=C(OC)C(=O)C(OC)=C2)c2ccc(C(F)(F)F)cc21. The Bertz CT molecular complexity index is 992. The van der Waals surface area contributed by atoms with Gasteiger partial charge in [-0.25, -0.2) is 0 Å². The topological polar surface area (TPSA) is 35.5 Å². The average Bonchev–Trinajstić information content (AvgIpc) is 2.94. The number of methoxy groups -OCH3 is 2. The molecule has 0 aromatic heterocycles. The molecule has 0 spiro atoms. The molecule has 0 atom stereocenters. The number of rotatable bonds is 4. The lowest BCUT2D eigenvalue weighted by molar-refractivity contribution is -0.137. The first kappa shape index (κ1) is 20.7. The monoisotopic (exact) mass is 402 g/mol. The second-order valence-electron chi connectivity index (χ2n) is 6.72. The van der Waals surface area contributed by atoms with E-state index in [1.807, 2.05) is 26.0 Å². The molecule has 0 saturated heterocycles. The van der Waals surface area contributed by atoms with Crippen LogP contribution in [0, 0.1) is 0 Å². The van der Waals surface area contributed by atoms with Crippen LogP contribution in [0.5, 0.6) is 0 Å². The lowest BCUT2D eigenvalue weighted by Gasteiger charge is -2.14. The van der Waals surface area contributed by atoms with Crippen molar-refractivity contribution in [1.82, 2.24) is 0 Å². The molecular formula is C23H21F3O3. The quantitative estimate of drug-likeness (QED) is 0.633. The summed E-state index contributed by atoms with van der Waals surface area (Å²) in [6.45, 7) is 3.83. The number of allylic oxidation sites excluding steroid dienone is 8. The van der Waals surface area contributed by atoms with E-state index < -0.39 is 11.7 Å². The van der Waals surface area contributed by atoms with E-state index >= 15 is 0 Å². The second-order valence-corrected chi connectivity index (χ2v) is 6.72. The van der Waals surface area contributed by atoms with Gasteiger partial charge in [0.2, 0.25) is 0 Å². The van der Waals surface area contributed by atoms with E-state index in [9.17, 15) is 18.0 Å². The first-order valence-electron chi connectivity index (χ1n) is 9.12. The molecule has 6 heteroatoms. The fourth-order valence-corrected chi connectivity index (χ4v) is 3.53. The molecule has 0 fully saturated rings. The van der Waals surface area contributed by atoms with Crippen molar-refractivity contribution in [1.29, 1.82) is 0 Å². The molecule has 2 aliphatic rings. The molecule has 0 saturated carbocycles. The number of hydrogen-bond acceptors (Lipinski definition) is 3. The summed E-state index contributed by atoms with van der Waals surface area (Å²) < 4.78 is 49.9. The number of ether oxygens (including phenoxy) is 2. The normalized spacial score (nSPS) is 18.0. The first-order chi connectivity index (χ1) is 13.7.